The van der Waals surface area contributed by atoms with E-state index in [0.29, 0.717) is 16.4 Å². The maximum atomic E-state index is 13.0. The summed E-state index contributed by atoms with van der Waals surface area (Å²) < 4.78 is 13.0. The van der Waals surface area contributed by atoms with E-state index in [1.807, 2.05) is 0 Å². The number of hydrogen-bond donors (Lipinski definition) is 2. The molecule has 0 aliphatic carbocycles. The summed E-state index contributed by atoms with van der Waals surface area (Å²) in [6, 6.07) is 3.89. The Bertz CT molecular complexity index is 737. The zero-order valence-corrected chi connectivity index (χ0v) is 12.4. The zero-order valence-electron chi connectivity index (χ0n) is 10.8. The van der Waals surface area contributed by atoms with Gasteiger partial charge in [-0.25, -0.2) is 14.3 Å². The van der Waals surface area contributed by atoms with Crippen LogP contribution in [0.4, 0.5) is 10.1 Å². The number of thioether (sulfide) groups is 1. The van der Waals surface area contributed by atoms with Gasteiger partial charge in [0.15, 0.2) is 0 Å². The van der Waals surface area contributed by atoms with Gasteiger partial charge in [-0.15, -0.1) is 0 Å². The maximum Gasteiger partial charge on any atom is 0.362 e. The number of halogens is 2. The summed E-state index contributed by atoms with van der Waals surface area (Å²) in [6.45, 7) is 1.67. The Hall–Kier alpha value is -1.93. The van der Waals surface area contributed by atoms with Crippen LogP contribution >= 0.6 is 23.4 Å². The molecule has 9 heteroatoms. The molecule has 0 radical (unpaired) electrons. The summed E-state index contributed by atoms with van der Waals surface area (Å²) in [5.74, 6) is -0.851. The van der Waals surface area contributed by atoms with E-state index in [4.69, 9.17) is 11.6 Å². The van der Waals surface area contributed by atoms with Crippen LogP contribution in [0.5, 0.6) is 0 Å². The Labute approximate surface area is 128 Å². The fourth-order valence-corrected chi connectivity index (χ4v) is 2.34. The number of nitrogens with zero attached hydrogens (tertiary/aromatic N) is 2. The van der Waals surface area contributed by atoms with Gasteiger partial charge in [-0.3, -0.25) is 4.79 Å². The molecular weight excluding hydrogens is 319 g/mol. The first-order valence-electron chi connectivity index (χ1n) is 5.77. The quantitative estimate of drug-likeness (QED) is 0.838. The molecule has 1 aromatic heterocycles. The van der Waals surface area contributed by atoms with E-state index >= 15 is 0 Å². The minimum absolute atomic E-state index is 0.0357. The van der Waals surface area contributed by atoms with Crippen molar-refractivity contribution in [3.63, 3.8) is 0 Å². The van der Waals surface area contributed by atoms with Crippen molar-refractivity contribution in [2.75, 3.05) is 11.1 Å². The lowest BCUT2D eigenvalue weighted by Crippen LogP contribution is -2.17. The second-order valence-electron chi connectivity index (χ2n) is 4.00. The predicted octanol–water partition coefficient (Wildman–Crippen LogP) is 2.00. The Morgan fingerprint density at radius 2 is 2.29 bits per heavy atom. The van der Waals surface area contributed by atoms with E-state index in [9.17, 15) is 14.0 Å². The van der Waals surface area contributed by atoms with Crippen LogP contribution < -0.4 is 11.0 Å². The Balaban J connectivity index is 1.97. The van der Waals surface area contributed by atoms with E-state index < -0.39 is 11.5 Å². The second-order valence-corrected chi connectivity index (χ2v) is 5.37. The average molecular weight is 329 g/mol. The Morgan fingerprint density at radius 3 is 3.00 bits per heavy atom. The molecular formula is C12H10ClFN4O2S. The van der Waals surface area contributed by atoms with E-state index in [0.717, 1.165) is 17.8 Å². The van der Waals surface area contributed by atoms with Crippen LogP contribution in [-0.4, -0.2) is 26.8 Å². The van der Waals surface area contributed by atoms with Crippen LogP contribution in [0.2, 0.25) is 5.02 Å². The number of hydrogen-bond acceptors (Lipinski definition) is 5. The van der Waals surface area contributed by atoms with Crippen LogP contribution in [0, 0.1) is 12.7 Å². The lowest BCUT2D eigenvalue weighted by Gasteiger charge is -2.06. The van der Waals surface area contributed by atoms with Crippen LogP contribution in [0.3, 0.4) is 0 Å². The molecule has 0 bridgehead atoms. The average Bonchev–Trinajstić information content (AvgIpc) is 2.44. The molecule has 0 unspecified atom stereocenters. The molecule has 21 heavy (non-hydrogen) atoms. The molecule has 0 fully saturated rings. The minimum atomic E-state index is -0.575. The van der Waals surface area contributed by atoms with Gasteiger partial charge in [0.2, 0.25) is 5.91 Å². The van der Waals surface area contributed by atoms with Crippen LogP contribution in [0.15, 0.2) is 28.0 Å². The molecule has 1 amide bonds. The van der Waals surface area contributed by atoms with Crippen molar-refractivity contribution in [2.45, 2.75) is 11.9 Å². The molecule has 1 heterocycles. The highest BCUT2D eigenvalue weighted by atomic mass is 35.5. The van der Waals surface area contributed by atoms with Crippen LogP contribution in [-0.2, 0) is 4.79 Å². The number of aromatic amines is 1. The van der Waals surface area contributed by atoms with Gasteiger partial charge in [-0.1, -0.05) is 23.4 Å². The standard InChI is InChI=1S/C12H10ClFN4O2S/c1-6-11(16-12(20)18-17-6)21-5-10(19)15-7-2-3-9(14)8(13)4-7/h2-4H,5H2,1H3,(H,15,19)(H,16,18,20). The van der Waals surface area contributed by atoms with Crippen LogP contribution in [0.25, 0.3) is 0 Å². The molecule has 2 aromatic rings. The second kappa shape index (κ2) is 6.68. The highest BCUT2D eigenvalue weighted by molar-refractivity contribution is 8.00. The first-order valence-corrected chi connectivity index (χ1v) is 7.13. The predicted molar refractivity (Wildman–Crippen MR) is 78.2 cm³/mol. The van der Waals surface area contributed by atoms with Gasteiger partial charge in [0.1, 0.15) is 10.8 Å². The number of amides is 1. The minimum Gasteiger partial charge on any atom is -0.325 e. The smallest absolute Gasteiger partial charge is 0.325 e. The lowest BCUT2D eigenvalue weighted by molar-refractivity contribution is -0.113. The Morgan fingerprint density at radius 1 is 1.52 bits per heavy atom. The summed E-state index contributed by atoms with van der Waals surface area (Å²) in [6.07, 6.45) is 0. The summed E-state index contributed by atoms with van der Waals surface area (Å²) in [5.41, 5.74) is 0.340. The molecule has 0 aliphatic rings. The SMILES string of the molecule is Cc1n[nH]c(=O)nc1SCC(=O)Nc1ccc(F)c(Cl)c1. The summed E-state index contributed by atoms with van der Waals surface area (Å²) >= 11 is 6.70. The zero-order chi connectivity index (χ0) is 15.4. The van der Waals surface area contributed by atoms with Crippen molar-refractivity contribution in [3.8, 4) is 0 Å². The van der Waals surface area contributed by atoms with Crippen molar-refractivity contribution in [3.05, 3.63) is 45.2 Å². The first kappa shape index (κ1) is 15.5. The topological polar surface area (TPSA) is 87.7 Å². The fourth-order valence-electron chi connectivity index (χ4n) is 1.42. The molecule has 6 nitrogen and oxygen atoms in total. The van der Waals surface area contributed by atoms with Crippen molar-refractivity contribution in [1.82, 2.24) is 15.2 Å². The van der Waals surface area contributed by atoms with Gasteiger partial charge < -0.3 is 5.32 Å². The van der Waals surface area contributed by atoms with Gasteiger partial charge in [0, 0.05) is 5.69 Å². The normalized spacial score (nSPS) is 10.4. The summed E-state index contributed by atoms with van der Waals surface area (Å²) in [5, 5.41) is 8.83. The largest absolute Gasteiger partial charge is 0.362 e. The third kappa shape index (κ3) is 4.27. The number of carbonyl (C=O) groups is 1. The summed E-state index contributed by atoms with van der Waals surface area (Å²) in [7, 11) is 0. The molecule has 0 atom stereocenters. The first-order chi connectivity index (χ1) is 9.95. The van der Waals surface area contributed by atoms with Gasteiger partial charge in [-0.2, -0.15) is 10.1 Å². The third-order valence-corrected chi connectivity index (χ3v) is 3.73. The van der Waals surface area contributed by atoms with Gasteiger partial charge >= 0.3 is 5.69 Å². The van der Waals surface area contributed by atoms with Gasteiger partial charge in [0.05, 0.1) is 16.5 Å². The van der Waals surface area contributed by atoms with Crippen LogP contribution in [0.1, 0.15) is 5.69 Å². The van der Waals surface area contributed by atoms with Gasteiger partial charge in [0.25, 0.3) is 0 Å². The number of carbonyl (C=O) groups excluding carboxylic acids is 1. The number of H-pyrrole nitrogens is 1. The van der Waals surface area contributed by atoms with Gasteiger partial charge in [-0.05, 0) is 25.1 Å². The molecule has 0 spiro atoms. The summed E-state index contributed by atoms with van der Waals surface area (Å²) in [4.78, 5) is 26.5. The lowest BCUT2D eigenvalue weighted by atomic mass is 10.3. The number of aryl methyl sites for hydroxylation is 1. The number of anilines is 1. The number of rotatable bonds is 4. The van der Waals surface area contributed by atoms with E-state index in [1.165, 1.54) is 12.1 Å². The number of benzene rings is 1. The monoisotopic (exact) mass is 328 g/mol. The molecule has 0 saturated carbocycles. The van der Waals surface area contributed by atoms with Crippen molar-refractivity contribution < 1.29 is 9.18 Å². The number of nitrogens with one attached hydrogen (secondary N) is 2. The van der Waals surface area contributed by atoms with E-state index in [-0.39, 0.29) is 16.7 Å². The number of aromatic nitrogens is 3. The van der Waals surface area contributed by atoms with Crippen molar-refractivity contribution in [1.29, 1.82) is 0 Å². The van der Waals surface area contributed by atoms with Crippen molar-refractivity contribution >= 4 is 35.0 Å². The molecule has 2 N–H and O–H groups in total. The maximum absolute atomic E-state index is 13.0. The molecule has 110 valence electrons. The third-order valence-electron chi connectivity index (χ3n) is 2.38. The fraction of sp³-hybridized carbons (Fsp3) is 0.167. The molecule has 2 rings (SSSR count). The Kier molecular flexibility index (Phi) is 4.92. The highest BCUT2D eigenvalue weighted by Crippen LogP contribution is 2.20. The molecule has 0 aliphatic heterocycles. The molecule has 0 saturated heterocycles. The molecule has 1 aromatic carbocycles. The van der Waals surface area contributed by atoms with Crippen molar-refractivity contribution in [2.24, 2.45) is 0 Å². The van der Waals surface area contributed by atoms with E-state index in [2.05, 4.69) is 20.5 Å². The highest BCUT2D eigenvalue weighted by Gasteiger charge is 2.09. The van der Waals surface area contributed by atoms with E-state index in [1.54, 1.807) is 6.92 Å².